The van der Waals surface area contributed by atoms with E-state index in [-0.39, 0.29) is 12.5 Å². The molecule has 1 fully saturated rings. The lowest BCUT2D eigenvalue weighted by Gasteiger charge is -2.26. The Kier molecular flexibility index (Phi) is 9.16. The minimum absolute atomic E-state index is 0.159. The van der Waals surface area contributed by atoms with Crippen molar-refractivity contribution in [1.29, 1.82) is 0 Å². The monoisotopic (exact) mass is 482 g/mol. The fourth-order valence-corrected chi connectivity index (χ4v) is 4.59. The number of carbonyl (C=O) groups excluding carboxylic acids is 1. The maximum atomic E-state index is 12.3. The standard InChI is InChI=1S/C22H27Cl2N3O3S/c23-20-6-3-5-17(21(20)24)11-16-27(31(29)30)19-9-7-18(8-10-19)22(28)25-12-4-15-26-13-1-2-14-26/h3,5-10H,1-2,4,11-16H2,(H,25,28)(H,29,30)/p-1. The molecule has 2 aromatic carbocycles. The summed E-state index contributed by atoms with van der Waals surface area (Å²) < 4.78 is 24.7. The van der Waals surface area contributed by atoms with Crippen molar-refractivity contribution in [1.82, 2.24) is 10.2 Å². The molecule has 0 spiro atoms. The van der Waals surface area contributed by atoms with E-state index < -0.39 is 11.3 Å². The van der Waals surface area contributed by atoms with Crippen molar-refractivity contribution < 1.29 is 13.6 Å². The normalized spacial score (nSPS) is 15.1. The summed E-state index contributed by atoms with van der Waals surface area (Å²) in [5, 5.41) is 3.79. The number of carbonyl (C=O) groups is 1. The maximum absolute atomic E-state index is 12.3. The average molecular weight is 483 g/mol. The number of rotatable bonds is 10. The first-order valence-electron chi connectivity index (χ1n) is 10.4. The summed E-state index contributed by atoms with van der Waals surface area (Å²) in [6.07, 6.45) is 3.84. The van der Waals surface area contributed by atoms with Crippen LogP contribution in [-0.4, -0.2) is 52.3 Å². The molecular formula is C22H26Cl2N3O3S-. The van der Waals surface area contributed by atoms with Gasteiger partial charge in [0.2, 0.25) is 0 Å². The van der Waals surface area contributed by atoms with Gasteiger partial charge in [0.25, 0.3) is 5.91 Å². The van der Waals surface area contributed by atoms with E-state index in [4.69, 9.17) is 23.2 Å². The molecule has 1 N–H and O–H groups in total. The highest BCUT2D eigenvalue weighted by Crippen LogP contribution is 2.26. The van der Waals surface area contributed by atoms with Crippen LogP contribution in [-0.2, 0) is 17.7 Å². The Bertz CT molecular complexity index is 905. The molecule has 31 heavy (non-hydrogen) atoms. The fraction of sp³-hybridized carbons (Fsp3) is 0.409. The van der Waals surface area contributed by atoms with Crippen molar-refractivity contribution >= 4 is 46.1 Å². The molecule has 0 bridgehead atoms. The smallest absolute Gasteiger partial charge is 0.251 e. The molecule has 1 aliphatic rings. The third kappa shape index (κ3) is 6.92. The quantitative estimate of drug-likeness (QED) is 0.409. The van der Waals surface area contributed by atoms with Gasteiger partial charge in [0.05, 0.1) is 10.0 Å². The van der Waals surface area contributed by atoms with Crippen molar-refractivity contribution in [2.45, 2.75) is 25.7 Å². The molecule has 1 saturated heterocycles. The molecule has 0 saturated carbocycles. The first kappa shape index (κ1) is 24.0. The van der Waals surface area contributed by atoms with Gasteiger partial charge in [-0.15, -0.1) is 0 Å². The molecule has 0 aliphatic carbocycles. The van der Waals surface area contributed by atoms with Crippen LogP contribution < -0.4 is 9.62 Å². The van der Waals surface area contributed by atoms with Crippen LogP contribution in [0.3, 0.4) is 0 Å². The Balaban J connectivity index is 1.53. The van der Waals surface area contributed by atoms with Crippen molar-refractivity contribution in [3.05, 3.63) is 63.6 Å². The van der Waals surface area contributed by atoms with Crippen LogP contribution in [0.2, 0.25) is 10.0 Å². The molecule has 1 amide bonds. The second kappa shape index (κ2) is 11.8. The summed E-state index contributed by atoms with van der Waals surface area (Å²) in [7, 11) is 0. The Morgan fingerprint density at radius 2 is 1.84 bits per heavy atom. The van der Waals surface area contributed by atoms with Crippen LogP contribution in [0.5, 0.6) is 0 Å². The summed E-state index contributed by atoms with van der Waals surface area (Å²) in [5.74, 6) is -0.159. The average Bonchev–Trinajstić information content (AvgIpc) is 3.28. The number of amides is 1. The van der Waals surface area contributed by atoms with Crippen LogP contribution in [0.1, 0.15) is 35.2 Å². The third-order valence-electron chi connectivity index (χ3n) is 5.35. The summed E-state index contributed by atoms with van der Waals surface area (Å²) >= 11 is 9.76. The number of likely N-dealkylation sites (tertiary alicyclic amines) is 1. The number of anilines is 1. The minimum Gasteiger partial charge on any atom is -0.755 e. The van der Waals surface area contributed by atoms with E-state index in [1.54, 1.807) is 36.4 Å². The number of hydrogen-bond donors (Lipinski definition) is 1. The van der Waals surface area contributed by atoms with Crippen molar-refractivity contribution in [3.8, 4) is 0 Å². The highest BCUT2D eigenvalue weighted by Gasteiger charge is 2.13. The predicted octanol–water partition coefficient (Wildman–Crippen LogP) is 4.05. The predicted molar refractivity (Wildman–Crippen MR) is 125 cm³/mol. The zero-order chi connectivity index (χ0) is 22.2. The highest BCUT2D eigenvalue weighted by atomic mass is 35.5. The first-order chi connectivity index (χ1) is 15.0. The van der Waals surface area contributed by atoms with Crippen LogP contribution in [0.15, 0.2) is 42.5 Å². The van der Waals surface area contributed by atoms with Crippen molar-refractivity contribution in [2.75, 3.05) is 37.0 Å². The summed E-state index contributed by atoms with van der Waals surface area (Å²) in [5.41, 5.74) is 1.76. The number of benzene rings is 2. The van der Waals surface area contributed by atoms with Crippen LogP contribution in [0.4, 0.5) is 5.69 Å². The molecule has 9 heteroatoms. The van der Waals surface area contributed by atoms with E-state index in [0.717, 1.165) is 31.6 Å². The first-order valence-corrected chi connectivity index (χ1v) is 12.1. The zero-order valence-electron chi connectivity index (χ0n) is 17.2. The lowest BCUT2D eigenvalue weighted by Crippen LogP contribution is -2.29. The lowest BCUT2D eigenvalue weighted by atomic mass is 10.1. The van der Waals surface area contributed by atoms with Gasteiger partial charge in [-0.05, 0) is 81.2 Å². The van der Waals surface area contributed by atoms with Gasteiger partial charge in [0.15, 0.2) is 0 Å². The summed E-state index contributed by atoms with van der Waals surface area (Å²) in [6, 6.07) is 11.8. The molecule has 2 aromatic rings. The Morgan fingerprint density at radius 1 is 1.13 bits per heavy atom. The van der Waals surface area contributed by atoms with Gasteiger partial charge < -0.3 is 19.1 Å². The van der Waals surface area contributed by atoms with Crippen LogP contribution in [0, 0.1) is 0 Å². The molecule has 1 heterocycles. The Morgan fingerprint density at radius 3 is 2.52 bits per heavy atom. The molecule has 3 rings (SSSR count). The topological polar surface area (TPSA) is 75.7 Å². The van der Waals surface area contributed by atoms with E-state index in [1.807, 2.05) is 6.07 Å². The fourth-order valence-electron chi connectivity index (χ4n) is 3.65. The second-order valence-corrected chi connectivity index (χ2v) is 9.15. The van der Waals surface area contributed by atoms with Crippen molar-refractivity contribution in [2.24, 2.45) is 0 Å². The third-order valence-corrected chi connectivity index (χ3v) is 6.96. The van der Waals surface area contributed by atoms with E-state index in [9.17, 15) is 13.6 Å². The molecule has 1 aliphatic heterocycles. The Labute approximate surface area is 195 Å². The highest BCUT2D eigenvalue weighted by molar-refractivity contribution is 7.80. The van der Waals surface area contributed by atoms with E-state index in [1.165, 1.54) is 17.1 Å². The van der Waals surface area contributed by atoms with Crippen LogP contribution >= 0.6 is 23.2 Å². The molecule has 168 valence electrons. The van der Waals surface area contributed by atoms with E-state index in [2.05, 4.69) is 10.2 Å². The van der Waals surface area contributed by atoms with Gasteiger partial charge in [0, 0.05) is 35.6 Å². The summed E-state index contributed by atoms with van der Waals surface area (Å²) in [6.45, 7) is 4.12. The zero-order valence-corrected chi connectivity index (χ0v) is 19.5. The van der Waals surface area contributed by atoms with Crippen LogP contribution in [0.25, 0.3) is 0 Å². The number of halogens is 2. The largest absolute Gasteiger partial charge is 0.755 e. The molecule has 1 atom stereocenters. The molecule has 6 nitrogen and oxygen atoms in total. The molecule has 1 unspecified atom stereocenters. The van der Waals surface area contributed by atoms with Gasteiger partial charge in [-0.2, -0.15) is 0 Å². The van der Waals surface area contributed by atoms with Gasteiger partial charge in [-0.3, -0.25) is 9.00 Å². The molecular weight excluding hydrogens is 457 g/mol. The van der Waals surface area contributed by atoms with Crippen molar-refractivity contribution in [3.63, 3.8) is 0 Å². The van der Waals surface area contributed by atoms with Gasteiger partial charge in [-0.25, -0.2) is 0 Å². The minimum atomic E-state index is -2.46. The SMILES string of the molecule is O=C(NCCCN1CCCC1)c1ccc(N(CCc2cccc(Cl)c2Cl)S(=O)[O-])cc1. The number of nitrogens with one attached hydrogen (secondary N) is 1. The number of hydrogen-bond acceptors (Lipinski definition) is 4. The lowest BCUT2D eigenvalue weighted by molar-refractivity contribution is 0.0952. The van der Waals surface area contributed by atoms with Gasteiger partial charge in [0.1, 0.15) is 0 Å². The van der Waals surface area contributed by atoms with Gasteiger partial charge >= 0.3 is 0 Å². The maximum Gasteiger partial charge on any atom is 0.251 e. The molecule has 0 radical (unpaired) electrons. The summed E-state index contributed by atoms with van der Waals surface area (Å²) in [4.78, 5) is 14.8. The van der Waals surface area contributed by atoms with E-state index >= 15 is 0 Å². The number of nitrogens with zero attached hydrogens (tertiary/aromatic N) is 2. The van der Waals surface area contributed by atoms with E-state index in [0.29, 0.717) is 34.3 Å². The molecule has 0 aromatic heterocycles. The Hall–Kier alpha value is -1.64. The second-order valence-electron chi connectivity index (χ2n) is 7.49. The van der Waals surface area contributed by atoms with Gasteiger partial charge in [-0.1, -0.05) is 35.3 Å².